The van der Waals surface area contributed by atoms with Gasteiger partial charge in [-0.05, 0) is 31.5 Å². The van der Waals surface area contributed by atoms with Gasteiger partial charge in [0.15, 0.2) is 5.82 Å². The summed E-state index contributed by atoms with van der Waals surface area (Å²) in [6.07, 6.45) is 3.63. The average Bonchev–Trinajstić information content (AvgIpc) is 3.07. The smallest absolute Gasteiger partial charge is 0.180 e. The third-order valence-electron chi connectivity index (χ3n) is 4.29. The number of rotatable bonds is 4. The van der Waals surface area contributed by atoms with Gasteiger partial charge in [0.25, 0.3) is 0 Å². The Morgan fingerprint density at radius 1 is 1.12 bits per heavy atom. The zero-order chi connectivity index (χ0) is 17.2. The van der Waals surface area contributed by atoms with Gasteiger partial charge in [-0.2, -0.15) is 0 Å². The first-order valence-electron chi connectivity index (χ1n) is 8.68. The normalized spacial score (nSPS) is 16.8. The third-order valence-corrected chi connectivity index (χ3v) is 4.29. The molecule has 0 radical (unpaired) electrons. The maximum atomic E-state index is 5.43. The predicted octanol–water partition coefficient (Wildman–Crippen LogP) is 1.88. The number of nitrogens with zero attached hydrogens (tertiary/aromatic N) is 5. The van der Waals surface area contributed by atoms with Crippen molar-refractivity contribution in [2.24, 2.45) is 4.99 Å². The van der Waals surface area contributed by atoms with E-state index in [0.717, 1.165) is 54.8 Å². The maximum absolute atomic E-state index is 5.43. The Balaban J connectivity index is 1.69. The number of pyridine rings is 1. The van der Waals surface area contributed by atoms with E-state index < -0.39 is 0 Å². The van der Waals surface area contributed by atoms with Crippen molar-refractivity contribution in [1.29, 1.82) is 0 Å². The summed E-state index contributed by atoms with van der Waals surface area (Å²) in [6.45, 7) is 8.00. The van der Waals surface area contributed by atoms with Crippen molar-refractivity contribution >= 4 is 17.3 Å². The lowest BCUT2D eigenvalue weighted by atomic mass is 10.1. The van der Waals surface area contributed by atoms with Crippen molar-refractivity contribution < 1.29 is 4.74 Å². The van der Waals surface area contributed by atoms with Crippen molar-refractivity contribution in [1.82, 2.24) is 15.0 Å². The molecule has 0 bridgehead atoms. The Labute approximate surface area is 147 Å². The fraction of sp³-hybridized carbons (Fsp3) is 0.444. The fourth-order valence-corrected chi connectivity index (χ4v) is 3.14. The summed E-state index contributed by atoms with van der Waals surface area (Å²) in [7, 11) is 0. The highest BCUT2D eigenvalue weighted by molar-refractivity contribution is 6.15. The van der Waals surface area contributed by atoms with E-state index in [2.05, 4.69) is 34.0 Å². The summed E-state index contributed by atoms with van der Waals surface area (Å²) < 4.78 is 5.43. The van der Waals surface area contributed by atoms with Crippen LogP contribution in [0.1, 0.15) is 30.8 Å². The largest absolute Gasteiger partial charge is 0.378 e. The lowest BCUT2D eigenvalue weighted by molar-refractivity contribution is 0.122. The molecule has 2 aromatic rings. The molecule has 25 heavy (non-hydrogen) atoms. The summed E-state index contributed by atoms with van der Waals surface area (Å²) in [6, 6.07) is 4.26. The molecule has 0 amide bonds. The first-order chi connectivity index (χ1) is 12.2. The first kappa shape index (κ1) is 16.0. The molecule has 4 rings (SSSR count). The summed E-state index contributed by atoms with van der Waals surface area (Å²) in [5.74, 6) is 2.43. The van der Waals surface area contributed by atoms with Crippen LogP contribution in [0.4, 0.5) is 11.6 Å². The van der Waals surface area contributed by atoms with Gasteiger partial charge < -0.3 is 15.0 Å². The van der Waals surface area contributed by atoms with Crippen molar-refractivity contribution in [3.8, 4) is 0 Å². The number of aromatic nitrogens is 3. The molecule has 0 atom stereocenters. The average molecular weight is 338 g/mol. The minimum atomic E-state index is 0.293. The van der Waals surface area contributed by atoms with Crippen LogP contribution < -0.4 is 10.2 Å². The molecule has 0 aromatic carbocycles. The van der Waals surface area contributed by atoms with Gasteiger partial charge in [-0.1, -0.05) is 0 Å². The Hall–Kier alpha value is -2.54. The highest BCUT2D eigenvalue weighted by atomic mass is 16.5. The van der Waals surface area contributed by atoms with E-state index in [1.54, 1.807) is 6.20 Å². The molecular formula is C18H22N6O. The zero-order valence-corrected chi connectivity index (χ0v) is 14.6. The molecule has 7 nitrogen and oxygen atoms in total. The van der Waals surface area contributed by atoms with Crippen molar-refractivity contribution in [2.45, 2.75) is 26.4 Å². The van der Waals surface area contributed by atoms with Gasteiger partial charge in [0.2, 0.25) is 0 Å². The number of nitrogens with one attached hydrogen (secondary N) is 1. The van der Waals surface area contributed by atoms with Gasteiger partial charge >= 0.3 is 0 Å². The first-order valence-corrected chi connectivity index (χ1v) is 8.68. The van der Waals surface area contributed by atoms with E-state index in [9.17, 15) is 0 Å². The van der Waals surface area contributed by atoms with Gasteiger partial charge in [0.05, 0.1) is 25.3 Å². The predicted molar refractivity (Wildman–Crippen MR) is 97.4 cm³/mol. The zero-order valence-electron chi connectivity index (χ0n) is 14.6. The van der Waals surface area contributed by atoms with E-state index in [1.165, 1.54) is 0 Å². The number of aliphatic imine (C=N–C) groups is 1. The van der Waals surface area contributed by atoms with Crippen LogP contribution in [0.2, 0.25) is 0 Å². The van der Waals surface area contributed by atoms with Crippen LogP contribution in [0, 0.1) is 0 Å². The van der Waals surface area contributed by atoms with Gasteiger partial charge in [-0.3, -0.25) is 4.99 Å². The molecule has 0 unspecified atom stereocenters. The SMILES string of the molecule is CC(C)Nc1nccc2c1C(c1nccc(N3CCOCC3)n1)=NC2. The second kappa shape index (κ2) is 6.76. The molecule has 1 saturated heterocycles. The number of ether oxygens (including phenoxy) is 1. The number of hydrogen-bond acceptors (Lipinski definition) is 7. The molecule has 1 fully saturated rings. The Morgan fingerprint density at radius 2 is 1.92 bits per heavy atom. The third kappa shape index (κ3) is 3.19. The molecule has 4 heterocycles. The van der Waals surface area contributed by atoms with Crippen LogP contribution >= 0.6 is 0 Å². The monoisotopic (exact) mass is 338 g/mol. The van der Waals surface area contributed by atoms with Crippen LogP contribution in [0.5, 0.6) is 0 Å². The van der Waals surface area contributed by atoms with Gasteiger partial charge in [-0.25, -0.2) is 15.0 Å². The van der Waals surface area contributed by atoms with Gasteiger partial charge in [-0.15, -0.1) is 0 Å². The van der Waals surface area contributed by atoms with Gasteiger partial charge in [0.1, 0.15) is 17.3 Å². The Kier molecular flexibility index (Phi) is 4.31. The van der Waals surface area contributed by atoms with Crippen LogP contribution in [-0.4, -0.2) is 53.0 Å². The van der Waals surface area contributed by atoms with Crippen molar-refractivity contribution in [3.05, 3.63) is 41.5 Å². The lowest BCUT2D eigenvalue weighted by Gasteiger charge is -2.27. The number of fused-ring (bicyclic) bond motifs is 1. The second-order valence-electron chi connectivity index (χ2n) is 6.50. The lowest BCUT2D eigenvalue weighted by Crippen LogP contribution is -2.37. The van der Waals surface area contributed by atoms with E-state index >= 15 is 0 Å². The molecule has 7 heteroatoms. The van der Waals surface area contributed by atoms with E-state index in [-0.39, 0.29) is 0 Å². The molecule has 130 valence electrons. The quantitative estimate of drug-likeness (QED) is 0.917. The molecular weight excluding hydrogens is 316 g/mol. The van der Waals surface area contributed by atoms with Crippen LogP contribution in [0.3, 0.4) is 0 Å². The Bertz CT molecular complexity index is 798. The molecule has 0 aliphatic carbocycles. The number of hydrogen-bond donors (Lipinski definition) is 1. The minimum absolute atomic E-state index is 0.293. The van der Waals surface area contributed by atoms with Crippen molar-refractivity contribution in [2.75, 3.05) is 36.5 Å². The molecule has 2 aliphatic heterocycles. The summed E-state index contributed by atoms with van der Waals surface area (Å²) in [4.78, 5) is 20.7. The van der Waals surface area contributed by atoms with Gasteiger partial charge in [0, 0.05) is 31.5 Å². The fourth-order valence-electron chi connectivity index (χ4n) is 3.14. The summed E-state index contributed by atoms with van der Waals surface area (Å²) in [5, 5.41) is 3.41. The molecule has 2 aliphatic rings. The molecule has 1 N–H and O–H groups in total. The van der Waals surface area contributed by atoms with Crippen LogP contribution in [-0.2, 0) is 11.3 Å². The summed E-state index contributed by atoms with van der Waals surface area (Å²) in [5.41, 5.74) is 3.00. The highest BCUT2D eigenvalue weighted by Gasteiger charge is 2.25. The van der Waals surface area contributed by atoms with Crippen LogP contribution in [0.25, 0.3) is 0 Å². The summed E-state index contributed by atoms with van der Waals surface area (Å²) >= 11 is 0. The standard InChI is InChI=1S/C18H22N6O/c1-12(2)22-17-15-13(3-5-19-17)11-21-16(15)18-20-6-4-14(23-18)24-7-9-25-10-8-24/h3-6,12H,7-11H2,1-2H3,(H,19,22). The minimum Gasteiger partial charge on any atom is -0.378 e. The van der Waals surface area contributed by atoms with Crippen molar-refractivity contribution in [3.63, 3.8) is 0 Å². The highest BCUT2D eigenvalue weighted by Crippen LogP contribution is 2.28. The van der Waals surface area contributed by atoms with E-state index in [0.29, 0.717) is 18.4 Å². The van der Waals surface area contributed by atoms with E-state index in [1.807, 2.05) is 18.3 Å². The molecule has 0 spiro atoms. The second-order valence-corrected chi connectivity index (χ2v) is 6.50. The Morgan fingerprint density at radius 3 is 2.72 bits per heavy atom. The molecule has 2 aromatic heterocycles. The van der Waals surface area contributed by atoms with Crippen LogP contribution in [0.15, 0.2) is 29.5 Å². The van der Waals surface area contributed by atoms with E-state index in [4.69, 9.17) is 14.7 Å². The topological polar surface area (TPSA) is 75.5 Å². The number of anilines is 2. The molecule has 0 saturated carbocycles. The maximum Gasteiger partial charge on any atom is 0.180 e. The number of morpholine rings is 1.